The van der Waals surface area contributed by atoms with Crippen molar-refractivity contribution in [2.24, 2.45) is 0 Å². The van der Waals surface area contributed by atoms with Crippen molar-refractivity contribution in [3.8, 4) is 11.5 Å². The van der Waals surface area contributed by atoms with Crippen LogP contribution in [0.5, 0.6) is 0 Å². The van der Waals surface area contributed by atoms with Crippen molar-refractivity contribution in [2.45, 2.75) is 19.9 Å². The van der Waals surface area contributed by atoms with Gasteiger partial charge in [0.05, 0.1) is 6.54 Å². The minimum atomic E-state index is -0.303. The molecule has 0 aromatic carbocycles. The van der Waals surface area contributed by atoms with E-state index in [0.29, 0.717) is 30.4 Å². The van der Waals surface area contributed by atoms with Gasteiger partial charge in [-0.15, -0.1) is 0 Å². The third-order valence-corrected chi connectivity index (χ3v) is 2.54. The summed E-state index contributed by atoms with van der Waals surface area (Å²) in [4.78, 5) is 15.6. The number of nitrogens with one attached hydrogen (secondary N) is 2. The molecule has 9 nitrogen and oxygen atoms in total. The summed E-state index contributed by atoms with van der Waals surface area (Å²) in [5.41, 5.74) is 0.492. The van der Waals surface area contributed by atoms with E-state index in [4.69, 9.17) is 13.8 Å². The van der Waals surface area contributed by atoms with E-state index >= 15 is 0 Å². The third kappa shape index (κ3) is 4.56. The zero-order chi connectivity index (χ0) is 15.1. The van der Waals surface area contributed by atoms with Gasteiger partial charge in [0, 0.05) is 26.3 Å². The summed E-state index contributed by atoms with van der Waals surface area (Å²) in [5, 5.41) is 12.8. The molecule has 0 radical (unpaired) electrons. The van der Waals surface area contributed by atoms with Crippen LogP contribution in [0.2, 0.25) is 0 Å². The normalized spacial score (nSPS) is 10.6. The lowest BCUT2D eigenvalue weighted by molar-refractivity contribution is 0.193. The largest absolute Gasteiger partial charge is 0.385 e. The zero-order valence-electron chi connectivity index (χ0n) is 11.9. The SMILES string of the molecule is COCCCNC(=O)NCc1nc(-c2cc(C)on2)no1. The van der Waals surface area contributed by atoms with Crippen LogP contribution in [0, 0.1) is 6.92 Å². The summed E-state index contributed by atoms with van der Waals surface area (Å²) in [5.74, 6) is 1.27. The number of carbonyl (C=O) groups is 1. The fourth-order valence-corrected chi connectivity index (χ4v) is 1.54. The number of hydrogen-bond acceptors (Lipinski definition) is 7. The number of aromatic nitrogens is 3. The maximum absolute atomic E-state index is 11.5. The topological polar surface area (TPSA) is 115 Å². The van der Waals surface area contributed by atoms with E-state index in [1.54, 1.807) is 20.1 Å². The number of urea groups is 1. The molecule has 0 aliphatic carbocycles. The molecule has 2 aromatic rings. The summed E-state index contributed by atoms with van der Waals surface area (Å²) in [7, 11) is 1.61. The summed E-state index contributed by atoms with van der Waals surface area (Å²) in [6.45, 7) is 3.05. The Kier molecular flexibility index (Phi) is 5.27. The Labute approximate surface area is 121 Å². The molecular formula is C12H17N5O4. The second-order valence-electron chi connectivity index (χ2n) is 4.29. The first-order valence-corrected chi connectivity index (χ1v) is 6.46. The average Bonchev–Trinajstić information content (AvgIpc) is 3.10. The van der Waals surface area contributed by atoms with Crippen molar-refractivity contribution < 1.29 is 18.6 Å². The van der Waals surface area contributed by atoms with Crippen LogP contribution in [-0.4, -0.2) is 41.6 Å². The van der Waals surface area contributed by atoms with Crippen molar-refractivity contribution in [1.29, 1.82) is 0 Å². The van der Waals surface area contributed by atoms with Crippen LogP contribution < -0.4 is 10.6 Å². The highest BCUT2D eigenvalue weighted by Crippen LogP contribution is 2.14. The minimum absolute atomic E-state index is 0.139. The van der Waals surface area contributed by atoms with E-state index in [1.165, 1.54) is 0 Å². The van der Waals surface area contributed by atoms with E-state index < -0.39 is 0 Å². The second-order valence-corrected chi connectivity index (χ2v) is 4.29. The number of aryl methyl sites for hydroxylation is 1. The zero-order valence-corrected chi connectivity index (χ0v) is 11.9. The number of hydrogen-bond donors (Lipinski definition) is 2. The van der Waals surface area contributed by atoms with E-state index in [2.05, 4.69) is 25.9 Å². The minimum Gasteiger partial charge on any atom is -0.385 e. The monoisotopic (exact) mass is 295 g/mol. The summed E-state index contributed by atoms with van der Waals surface area (Å²) < 4.78 is 14.8. The van der Waals surface area contributed by atoms with Crippen molar-refractivity contribution in [3.63, 3.8) is 0 Å². The van der Waals surface area contributed by atoms with Gasteiger partial charge in [0.15, 0.2) is 5.69 Å². The van der Waals surface area contributed by atoms with E-state index in [1.807, 2.05) is 0 Å². The van der Waals surface area contributed by atoms with Crippen LogP contribution >= 0.6 is 0 Å². The van der Waals surface area contributed by atoms with Crippen molar-refractivity contribution in [3.05, 3.63) is 17.7 Å². The van der Waals surface area contributed by atoms with Crippen molar-refractivity contribution in [1.82, 2.24) is 25.9 Å². The van der Waals surface area contributed by atoms with Crippen LogP contribution in [0.3, 0.4) is 0 Å². The number of rotatable bonds is 7. The first-order valence-electron chi connectivity index (χ1n) is 6.46. The fourth-order valence-electron chi connectivity index (χ4n) is 1.54. The molecule has 2 aromatic heterocycles. The van der Waals surface area contributed by atoms with Crippen LogP contribution in [0.15, 0.2) is 15.1 Å². The molecule has 9 heteroatoms. The Balaban J connectivity index is 1.76. The molecule has 2 heterocycles. The molecule has 0 spiro atoms. The van der Waals surface area contributed by atoms with Crippen LogP contribution in [-0.2, 0) is 11.3 Å². The van der Waals surface area contributed by atoms with Gasteiger partial charge in [-0.05, 0) is 13.3 Å². The van der Waals surface area contributed by atoms with Gasteiger partial charge < -0.3 is 24.4 Å². The molecule has 0 aliphatic rings. The molecule has 0 bridgehead atoms. The maximum atomic E-state index is 11.5. The lowest BCUT2D eigenvalue weighted by Gasteiger charge is -2.04. The maximum Gasteiger partial charge on any atom is 0.315 e. The van der Waals surface area contributed by atoms with Gasteiger partial charge >= 0.3 is 6.03 Å². The van der Waals surface area contributed by atoms with Gasteiger partial charge in [-0.1, -0.05) is 10.3 Å². The molecule has 0 aliphatic heterocycles. The molecule has 114 valence electrons. The first-order chi connectivity index (χ1) is 10.2. The highest BCUT2D eigenvalue weighted by Gasteiger charge is 2.12. The molecule has 2 rings (SSSR count). The van der Waals surface area contributed by atoms with Crippen molar-refractivity contribution >= 4 is 6.03 Å². The van der Waals surface area contributed by atoms with Crippen LogP contribution in [0.25, 0.3) is 11.5 Å². The molecule has 2 N–H and O–H groups in total. The number of methoxy groups -OCH3 is 1. The quantitative estimate of drug-likeness (QED) is 0.728. The summed E-state index contributed by atoms with van der Waals surface area (Å²) in [6.07, 6.45) is 0.750. The molecule has 0 saturated carbocycles. The highest BCUT2D eigenvalue weighted by molar-refractivity contribution is 5.73. The van der Waals surface area contributed by atoms with Gasteiger partial charge in [0.25, 0.3) is 0 Å². The van der Waals surface area contributed by atoms with Crippen LogP contribution in [0.1, 0.15) is 18.1 Å². The Morgan fingerprint density at radius 3 is 2.90 bits per heavy atom. The fraction of sp³-hybridized carbons (Fsp3) is 0.500. The average molecular weight is 295 g/mol. The summed E-state index contributed by atoms with van der Waals surface area (Å²) >= 11 is 0. The molecule has 0 unspecified atom stereocenters. The Hall–Kier alpha value is -2.42. The predicted molar refractivity (Wildman–Crippen MR) is 71.3 cm³/mol. The summed E-state index contributed by atoms with van der Waals surface area (Å²) in [6, 6.07) is 1.40. The lowest BCUT2D eigenvalue weighted by Crippen LogP contribution is -2.35. The number of nitrogens with zero attached hydrogens (tertiary/aromatic N) is 3. The smallest absolute Gasteiger partial charge is 0.315 e. The van der Waals surface area contributed by atoms with E-state index in [9.17, 15) is 4.79 Å². The Bertz CT molecular complexity index is 580. The van der Waals surface area contributed by atoms with Crippen LogP contribution in [0.4, 0.5) is 4.79 Å². The van der Waals surface area contributed by atoms with Gasteiger partial charge in [0.2, 0.25) is 11.7 Å². The molecular weight excluding hydrogens is 278 g/mol. The number of ether oxygens (including phenoxy) is 1. The standard InChI is InChI=1S/C12H17N5O4/c1-8-6-9(16-20-8)11-15-10(21-17-11)7-14-12(18)13-4-3-5-19-2/h6H,3-5,7H2,1-2H3,(H2,13,14,18). The van der Waals surface area contributed by atoms with Gasteiger partial charge in [-0.2, -0.15) is 4.98 Å². The molecule has 2 amide bonds. The molecule has 0 fully saturated rings. The molecule has 0 atom stereocenters. The molecule has 21 heavy (non-hydrogen) atoms. The van der Waals surface area contributed by atoms with Crippen molar-refractivity contribution in [2.75, 3.05) is 20.3 Å². The lowest BCUT2D eigenvalue weighted by atomic mass is 10.4. The van der Waals surface area contributed by atoms with E-state index in [0.717, 1.165) is 6.42 Å². The van der Waals surface area contributed by atoms with Gasteiger partial charge in [-0.25, -0.2) is 4.79 Å². The van der Waals surface area contributed by atoms with Gasteiger partial charge in [-0.3, -0.25) is 0 Å². The molecule has 0 saturated heterocycles. The van der Waals surface area contributed by atoms with Gasteiger partial charge in [0.1, 0.15) is 5.76 Å². The second kappa shape index (κ2) is 7.39. The predicted octanol–water partition coefficient (Wildman–Crippen LogP) is 0.869. The number of amides is 2. The third-order valence-electron chi connectivity index (χ3n) is 2.54. The highest BCUT2D eigenvalue weighted by atomic mass is 16.5. The Morgan fingerprint density at radius 2 is 2.19 bits per heavy atom. The first kappa shape index (κ1) is 15.0. The number of carbonyl (C=O) groups excluding carboxylic acids is 1. The Morgan fingerprint density at radius 1 is 1.33 bits per heavy atom. The van der Waals surface area contributed by atoms with E-state index in [-0.39, 0.29) is 18.5 Å².